The minimum Gasteiger partial charge on any atom is -0.466 e. The molecule has 2 rings (SSSR count). The number of aryl methyl sites for hydroxylation is 1. The molecule has 1 aliphatic heterocycles. The lowest BCUT2D eigenvalue weighted by Gasteiger charge is -2.23. The van der Waals surface area contributed by atoms with Crippen LogP contribution in [-0.4, -0.2) is 28.9 Å². The number of esters is 1. The van der Waals surface area contributed by atoms with Gasteiger partial charge in [-0.15, -0.1) is 0 Å². The van der Waals surface area contributed by atoms with Gasteiger partial charge in [0.05, 0.1) is 29.2 Å². The van der Waals surface area contributed by atoms with Crippen molar-refractivity contribution in [2.75, 3.05) is 18.5 Å². The number of halogens is 1. The molecule has 0 amide bonds. The highest BCUT2D eigenvalue weighted by Crippen LogP contribution is 2.31. The largest absolute Gasteiger partial charge is 0.466 e. The zero-order valence-electron chi connectivity index (χ0n) is 12.3. The van der Waals surface area contributed by atoms with Crippen molar-refractivity contribution in [2.24, 2.45) is 11.8 Å². The molecule has 1 aromatic heterocycles. The lowest BCUT2D eigenvalue weighted by atomic mass is 10.1. The number of rotatable bonds is 5. The van der Waals surface area contributed by atoms with Crippen molar-refractivity contribution in [1.29, 1.82) is 0 Å². The summed E-state index contributed by atoms with van der Waals surface area (Å²) in [5.41, 5.74) is 1.06. The predicted molar refractivity (Wildman–Crippen MR) is 81.7 cm³/mol. The maximum absolute atomic E-state index is 11.8. The molecular weight excluding hydrogens is 322 g/mol. The van der Waals surface area contributed by atoms with Crippen molar-refractivity contribution >= 4 is 27.7 Å². The minimum atomic E-state index is -0.160. The zero-order valence-corrected chi connectivity index (χ0v) is 13.9. The number of anilines is 1. The monoisotopic (exact) mass is 343 g/mol. The lowest BCUT2D eigenvalue weighted by molar-refractivity contribution is -0.148. The topological polar surface area (TPSA) is 56.1 Å². The van der Waals surface area contributed by atoms with Crippen LogP contribution in [0.1, 0.15) is 32.9 Å². The van der Waals surface area contributed by atoms with Crippen LogP contribution < -0.4 is 5.32 Å². The van der Waals surface area contributed by atoms with Crippen molar-refractivity contribution < 1.29 is 9.53 Å². The summed E-state index contributed by atoms with van der Waals surface area (Å²) in [6.07, 6.45) is 2.06. The normalized spacial score (nSPS) is 17.8. The number of nitrogens with one attached hydrogen (secondary N) is 1. The summed E-state index contributed by atoms with van der Waals surface area (Å²) < 4.78 is 7.99. The van der Waals surface area contributed by atoms with Crippen molar-refractivity contribution in [2.45, 2.75) is 40.2 Å². The van der Waals surface area contributed by atoms with Crippen LogP contribution in [-0.2, 0) is 22.5 Å². The lowest BCUT2D eigenvalue weighted by Crippen LogP contribution is -2.34. The quantitative estimate of drug-likeness (QED) is 0.835. The molecule has 0 saturated carbocycles. The summed E-state index contributed by atoms with van der Waals surface area (Å²) in [5.74, 6) is 1.32. The van der Waals surface area contributed by atoms with E-state index in [4.69, 9.17) is 4.74 Å². The van der Waals surface area contributed by atoms with E-state index < -0.39 is 0 Å². The van der Waals surface area contributed by atoms with Crippen LogP contribution in [0.4, 0.5) is 5.82 Å². The first-order chi connectivity index (χ1) is 9.52. The molecule has 1 atom stereocenters. The van der Waals surface area contributed by atoms with Crippen LogP contribution in [0.15, 0.2) is 4.47 Å². The summed E-state index contributed by atoms with van der Waals surface area (Å²) in [6, 6.07) is 0. The van der Waals surface area contributed by atoms with Gasteiger partial charge in [0, 0.05) is 6.54 Å². The molecule has 0 bridgehead atoms. The highest BCUT2D eigenvalue weighted by molar-refractivity contribution is 9.10. The highest BCUT2D eigenvalue weighted by atomic mass is 79.9. The van der Waals surface area contributed by atoms with Crippen LogP contribution in [0.3, 0.4) is 0 Å². The fourth-order valence-electron chi connectivity index (χ4n) is 2.29. The van der Waals surface area contributed by atoms with E-state index in [-0.39, 0.29) is 11.9 Å². The van der Waals surface area contributed by atoms with E-state index in [9.17, 15) is 4.79 Å². The number of fused-ring (bicyclic) bond motifs is 1. The maximum atomic E-state index is 11.8. The van der Waals surface area contributed by atoms with Crippen LogP contribution >= 0.6 is 15.9 Å². The van der Waals surface area contributed by atoms with Gasteiger partial charge in [-0.1, -0.05) is 13.8 Å². The molecule has 1 N–H and O–H groups in total. The predicted octanol–water partition coefficient (Wildman–Crippen LogP) is 2.84. The number of carbonyl (C=O) groups excluding carboxylic acids is 1. The van der Waals surface area contributed by atoms with Gasteiger partial charge >= 0.3 is 5.97 Å². The van der Waals surface area contributed by atoms with Gasteiger partial charge in [-0.05, 0) is 41.6 Å². The third kappa shape index (κ3) is 3.34. The molecule has 20 heavy (non-hydrogen) atoms. The summed E-state index contributed by atoms with van der Waals surface area (Å²) in [4.78, 5) is 11.8. The van der Waals surface area contributed by atoms with Gasteiger partial charge in [-0.2, -0.15) is 5.10 Å². The Kier molecular flexibility index (Phi) is 5.07. The fourth-order valence-corrected chi connectivity index (χ4v) is 2.91. The Bertz CT molecular complexity index is 485. The van der Waals surface area contributed by atoms with Gasteiger partial charge in [0.25, 0.3) is 0 Å². The molecule has 2 heterocycles. The smallest absolute Gasteiger partial charge is 0.312 e. The Morgan fingerprint density at radius 2 is 2.35 bits per heavy atom. The number of hydrogen-bond acceptors (Lipinski definition) is 4. The fraction of sp³-hybridized carbons (Fsp3) is 0.714. The molecule has 0 aromatic carbocycles. The molecular formula is C14H22BrN3O2. The van der Waals surface area contributed by atoms with E-state index >= 15 is 0 Å². The van der Waals surface area contributed by atoms with E-state index in [1.807, 2.05) is 11.6 Å². The van der Waals surface area contributed by atoms with Crippen LogP contribution in [0, 0.1) is 11.8 Å². The maximum Gasteiger partial charge on any atom is 0.312 e. The highest BCUT2D eigenvalue weighted by Gasteiger charge is 2.28. The molecule has 0 saturated heterocycles. The molecule has 112 valence electrons. The molecule has 1 unspecified atom stereocenters. The molecule has 0 fully saturated rings. The first-order valence-corrected chi connectivity index (χ1v) is 7.97. The first kappa shape index (κ1) is 15.4. The standard InChI is InChI=1S/C14H22BrN3O2/c1-4-20-14(19)10-7-16-13-12(15)11(6-5-9(2)3)17-18(13)8-10/h9-10,16H,4-8H2,1-3H3. The Hall–Kier alpha value is -1.04. The van der Waals surface area contributed by atoms with Crippen LogP contribution in [0.5, 0.6) is 0 Å². The molecule has 6 heteroatoms. The molecule has 1 aromatic rings. The summed E-state index contributed by atoms with van der Waals surface area (Å²) in [7, 11) is 0. The second-order valence-electron chi connectivity index (χ2n) is 5.55. The first-order valence-electron chi connectivity index (χ1n) is 7.18. The van der Waals surface area contributed by atoms with Gasteiger partial charge in [-0.3, -0.25) is 4.79 Å². The summed E-state index contributed by atoms with van der Waals surface area (Å²) in [6.45, 7) is 7.85. The van der Waals surface area contributed by atoms with Crippen molar-refractivity contribution in [3.8, 4) is 0 Å². The van der Waals surface area contributed by atoms with Gasteiger partial charge in [0.1, 0.15) is 5.82 Å². The molecule has 0 spiro atoms. The molecule has 1 aliphatic rings. The van der Waals surface area contributed by atoms with Crippen molar-refractivity contribution in [1.82, 2.24) is 9.78 Å². The summed E-state index contributed by atoms with van der Waals surface area (Å²) >= 11 is 3.61. The summed E-state index contributed by atoms with van der Waals surface area (Å²) in [5, 5.41) is 7.90. The minimum absolute atomic E-state index is 0.152. The van der Waals surface area contributed by atoms with Crippen LogP contribution in [0.2, 0.25) is 0 Å². The van der Waals surface area contributed by atoms with E-state index in [0.717, 1.165) is 28.8 Å². The number of hydrogen-bond donors (Lipinski definition) is 1. The number of nitrogens with zero attached hydrogens (tertiary/aromatic N) is 2. The van der Waals surface area contributed by atoms with Crippen molar-refractivity contribution in [3.63, 3.8) is 0 Å². The number of carbonyl (C=O) groups is 1. The Labute approximate surface area is 128 Å². The number of ether oxygens (including phenoxy) is 1. The third-order valence-electron chi connectivity index (χ3n) is 3.45. The Morgan fingerprint density at radius 3 is 3.00 bits per heavy atom. The molecule has 0 radical (unpaired) electrons. The average molecular weight is 344 g/mol. The molecule has 0 aliphatic carbocycles. The third-order valence-corrected chi connectivity index (χ3v) is 4.28. The van der Waals surface area contributed by atoms with Crippen molar-refractivity contribution in [3.05, 3.63) is 10.2 Å². The molecule has 5 nitrogen and oxygen atoms in total. The van der Waals surface area contributed by atoms with E-state index in [2.05, 4.69) is 40.2 Å². The second kappa shape index (κ2) is 6.61. The van der Waals surface area contributed by atoms with E-state index in [1.54, 1.807) is 0 Å². The Balaban J connectivity index is 2.09. The number of aromatic nitrogens is 2. The van der Waals surface area contributed by atoms with Crippen LogP contribution in [0.25, 0.3) is 0 Å². The SMILES string of the molecule is CCOC(=O)C1CNc2c(Br)c(CCC(C)C)nn2C1. The Morgan fingerprint density at radius 1 is 1.60 bits per heavy atom. The average Bonchev–Trinajstić information content (AvgIpc) is 2.73. The van der Waals surface area contributed by atoms with Gasteiger partial charge in [0.2, 0.25) is 0 Å². The van der Waals surface area contributed by atoms with E-state index in [0.29, 0.717) is 25.6 Å². The van der Waals surface area contributed by atoms with Gasteiger partial charge < -0.3 is 10.1 Å². The van der Waals surface area contributed by atoms with E-state index in [1.165, 1.54) is 0 Å². The van der Waals surface area contributed by atoms with Gasteiger partial charge in [0.15, 0.2) is 0 Å². The second-order valence-corrected chi connectivity index (χ2v) is 6.35. The van der Waals surface area contributed by atoms with Gasteiger partial charge in [-0.25, -0.2) is 4.68 Å². The zero-order chi connectivity index (χ0) is 14.7.